The van der Waals surface area contributed by atoms with Crippen LogP contribution in [-0.2, 0) is 0 Å². The summed E-state index contributed by atoms with van der Waals surface area (Å²) in [4.78, 5) is 15.2. The maximum absolute atomic E-state index is 10.8. The van der Waals surface area contributed by atoms with E-state index in [0.29, 0.717) is 21.8 Å². The van der Waals surface area contributed by atoms with Gasteiger partial charge in [-0.05, 0) is 36.8 Å². The third-order valence-corrected chi connectivity index (χ3v) is 4.07. The van der Waals surface area contributed by atoms with Gasteiger partial charge >= 0.3 is 0 Å². The van der Waals surface area contributed by atoms with E-state index in [2.05, 4.69) is 20.9 Å². The van der Waals surface area contributed by atoms with Crippen LogP contribution in [0.25, 0.3) is 0 Å². The molecule has 0 radical (unpaired) electrons. The van der Waals surface area contributed by atoms with Gasteiger partial charge in [0.1, 0.15) is 6.29 Å². The molecular weight excluding hydrogens is 340 g/mol. The lowest BCUT2D eigenvalue weighted by Gasteiger charge is -2.05. The number of anilines is 1. The first-order valence-corrected chi connectivity index (χ1v) is 7.03. The molecule has 0 saturated heterocycles. The van der Waals surface area contributed by atoms with Gasteiger partial charge in [0.2, 0.25) is 0 Å². The zero-order chi connectivity index (χ0) is 14.7. The highest BCUT2D eigenvalue weighted by Crippen LogP contribution is 2.27. The number of nitrogens with zero attached hydrogens (tertiary/aromatic N) is 1. The summed E-state index contributed by atoms with van der Waals surface area (Å²) in [5.41, 5.74) is 9.25. The number of carbonyl (C=O) groups excluding carboxylic acids is 1. The van der Waals surface area contributed by atoms with Crippen LogP contribution in [0.3, 0.4) is 0 Å². The van der Waals surface area contributed by atoms with E-state index in [1.165, 1.54) is 6.07 Å². The fraction of sp³-hybridized carbons (Fsp3) is 0.0667. The quantitative estimate of drug-likeness (QED) is 0.501. The van der Waals surface area contributed by atoms with Gasteiger partial charge in [0.15, 0.2) is 0 Å². The summed E-state index contributed by atoms with van der Waals surface area (Å²) in [5, 5.41) is 0.349. The molecule has 0 bridgehead atoms. The number of halogens is 2. The number of rotatable bonds is 3. The van der Waals surface area contributed by atoms with E-state index in [1.54, 1.807) is 12.3 Å². The van der Waals surface area contributed by atoms with Crippen LogP contribution in [0, 0.1) is 6.92 Å². The van der Waals surface area contributed by atoms with Crippen molar-refractivity contribution in [1.82, 2.24) is 0 Å². The van der Waals surface area contributed by atoms with Gasteiger partial charge in [0.05, 0.1) is 16.4 Å². The second kappa shape index (κ2) is 6.20. The molecule has 2 N–H and O–H groups in total. The number of carbonyl (C=O) groups is 1. The minimum Gasteiger partial charge on any atom is -0.397 e. The third kappa shape index (κ3) is 3.08. The van der Waals surface area contributed by atoms with Gasteiger partial charge < -0.3 is 5.73 Å². The minimum absolute atomic E-state index is 0.349. The van der Waals surface area contributed by atoms with Crippen molar-refractivity contribution in [2.45, 2.75) is 6.92 Å². The second-order valence-electron chi connectivity index (χ2n) is 4.27. The molecule has 0 aliphatic rings. The molecule has 5 heteroatoms. The van der Waals surface area contributed by atoms with Crippen LogP contribution in [0.5, 0.6) is 0 Å². The summed E-state index contributed by atoms with van der Waals surface area (Å²) in [7, 11) is 0. The third-order valence-electron chi connectivity index (χ3n) is 2.90. The summed E-state index contributed by atoms with van der Waals surface area (Å²) >= 11 is 9.44. The van der Waals surface area contributed by atoms with Crippen LogP contribution in [-0.4, -0.2) is 12.5 Å². The fourth-order valence-corrected chi connectivity index (χ4v) is 2.30. The molecule has 2 aromatic rings. The molecule has 20 heavy (non-hydrogen) atoms. The summed E-state index contributed by atoms with van der Waals surface area (Å²) in [6.07, 6.45) is 2.34. The normalized spacial score (nSPS) is 10.9. The Morgan fingerprint density at radius 2 is 2.10 bits per heavy atom. The SMILES string of the molecule is Cc1c(Br)cccc1N=Cc1cc(C=O)cc(Cl)c1N. The molecule has 0 fully saturated rings. The van der Waals surface area contributed by atoms with Crippen LogP contribution in [0.15, 0.2) is 39.8 Å². The molecule has 0 spiro atoms. The fourth-order valence-electron chi connectivity index (χ4n) is 1.71. The van der Waals surface area contributed by atoms with Gasteiger partial charge in [-0.2, -0.15) is 0 Å². The van der Waals surface area contributed by atoms with E-state index >= 15 is 0 Å². The molecule has 3 nitrogen and oxygen atoms in total. The van der Waals surface area contributed by atoms with Crippen molar-refractivity contribution in [1.29, 1.82) is 0 Å². The minimum atomic E-state index is 0.349. The van der Waals surface area contributed by atoms with Crippen molar-refractivity contribution < 1.29 is 4.79 Å². The maximum Gasteiger partial charge on any atom is 0.150 e. The van der Waals surface area contributed by atoms with Gasteiger partial charge in [-0.15, -0.1) is 0 Å². The Balaban J connectivity index is 2.43. The lowest BCUT2D eigenvalue weighted by Crippen LogP contribution is -1.96. The number of hydrogen-bond acceptors (Lipinski definition) is 3. The molecule has 102 valence electrons. The summed E-state index contributed by atoms with van der Waals surface area (Å²) in [5.74, 6) is 0. The first-order chi connectivity index (χ1) is 9.52. The molecule has 0 aromatic heterocycles. The van der Waals surface area contributed by atoms with Crippen molar-refractivity contribution in [2.24, 2.45) is 4.99 Å². The lowest BCUT2D eigenvalue weighted by atomic mass is 10.1. The standard InChI is InChI=1S/C15H12BrClN2O/c1-9-12(16)3-2-4-14(9)19-7-11-5-10(8-20)6-13(17)15(11)18/h2-8H,18H2,1H3. The number of nitrogens with two attached hydrogens (primary N) is 1. The van der Waals surface area contributed by atoms with Gasteiger partial charge in [0, 0.05) is 21.8 Å². The highest BCUT2D eigenvalue weighted by atomic mass is 79.9. The highest BCUT2D eigenvalue weighted by Gasteiger charge is 2.05. The number of hydrogen-bond donors (Lipinski definition) is 1. The van der Waals surface area contributed by atoms with Crippen molar-refractivity contribution in [3.8, 4) is 0 Å². The van der Waals surface area contributed by atoms with Gasteiger partial charge in [-0.25, -0.2) is 0 Å². The van der Waals surface area contributed by atoms with E-state index < -0.39 is 0 Å². The van der Waals surface area contributed by atoms with Gasteiger partial charge in [-0.1, -0.05) is 33.6 Å². The Hall–Kier alpha value is -1.65. The molecule has 0 aliphatic carbocycles. The van der Waals surface area contributed by atoms with E-state index in [-0.39, 0.29) is 0 Å². The molecule has 2 rings (SSSR count). The number of aldehydes is 1. The Bertz CT molecular complexity index is 699. The summed E-state index contributed by atoms with van der Waals surface area (Å²) < 4.78 is 0.986. The van der Waals surface area contributed by atoms with Crippen LogP contribution < -0.4 is 5.73 Å². The summed E-state index contributed by atoms with van der Waals surface area (Å²) in [6, 6.07) is 8.95. The predicted molar refractivity (Wildman–Crippen MR) is 87.4 cm³/mol. The Morgan fingerprint density at radius 3 is 2.80 bits per heavy atom. The Kier molecular flexibility index (Phi) is 4.57. The Labute approximate surface area is 130 Å². The maximum atomic E-state index is 10.8. The molecule has 0 amide bonds. The molecule has 0 atom stereocenters. The van der Waals surface area contributed by atoms with E-state index in [4.69, 9.17) is 17.3 Å². The van der Waals surface area contributed by atoms with Crippen LogP contribution in [0.1, 0.15) is 21.5 Å². The average Bonchev–Trinajstić information content (AvgIpc) is 2.44. The number of benzene rings is 2. The monoisotopic (exact) mass is 350 g/mol. The zero-order valence-corrected chi connectivity index (χ0v) is 13.1. The largest absolute Gasteiger partial charge is 0.397 e. The van der Waals surface area contributed by atoms with Crippen LogP contribution >= 0.6 is 27.5 Å². The first kappa shape index (κ1) is 14.8. The van der Waals surface area contributed by atoms with Crippen LogP contribution in [0.2, 0.25) is 5.02 Å². The zero-order valence-electron chi connectivity index (χ0n) is 10.7. The predicted octanol–water partition coefficient (Wildman–Crippen LogP) is 4.56. The van der Waals surface area contributed by atoms with Crippen molar-refractivity contribution in [3.63, 3.8) is 0 Å². The highest BCUT2D eigenvalue weighted by molar-refractivity contribution is 9.10. The van der Waals surface area contributed by atoms with Gasteiger partial charge in [-0.3, -0.25) is 9.79 Å². The molecule has 0 aliphatic heterocycles. The Morgan fingerprint density at radius 1 is 1.35 bits per heavy atom. The van der Waals surface area contributed by atoms with Gasteiger partial charge in [0.25, 0.3) is 0 Å². The van der Waals surface area contributed by atoms with E-state index in [0.717, 1.165) is 22.0 Å². The first-order valence-electron chi connectivity index (χ1n) is 5.86. The van der Waals surface area contributed by atoms with E-state index in [9.17, 15) is 4.79 Å². The smallest absolute Gasteiger partial charge is 0.150 e. The molecular formula is C15H12BrClN2O. The summed E-state index contributed by atoms with van der Waals surface area (Å²) in [6.45, 7) is 1.97. The van der Waals surface area contributed by atoms with Crippen molar-refractivity contribution >= 4 is 51.4 Å². The molecule has 2 aromatic carbocycles. The molecule has 0 saturated carbocycles. The van der Waals surface area contributed by atoms with Crippen molar-refractivity contribution in [2.75, 3.05) is 5.73 Å². The lowest BCUT2D eigenvalue weighted by molar-refractivity contribution is 0.112. The van der Waals surface area contributed by atoms with Crippen LogP contribution in [0.4, 0.5) is 11.4 Å². The number of aliphatic imine (C=N–C) groups is 1. The average molecular weight is 352 g/mol. The second-order valence-corrected chi connectivity index (χ2v) is 5.53. The topological polar surface area (TPSA) is 55.5 Å². The molecule has 0 heterocycles. The van der Waals surface area contributed by atoms with E-state index in [1.807, 2.05) is 25.1 Å². The number of nitrogen functional groups attached to an aromatic ring is 1. The molecule has 0 unspecified atom stereocenters. The van der Waals surface area contributed by atoms with Crippen molar-refractivity contribution in [3.05, 3.63) is 56.5 Å².